The van der Waals surface area contributed by atoms with Gasteiger partial charge in [-0.2, -0.15) is 0 Å². The van der Waals surface area contributed by atoms with E-state index in [-0.39, 0.29) is 0 Å². The molecule has 3 rings (SSSR count). The molecule has 2 bridgehead atoms. The minimum Gasteiger partial charge on any atom is -0.0622 e. The van der Waals surface area contributed by atoms with Crippen LogP contribution in [-0.2, 0) is 6.42 Å². The zero-order valence-corrected chi connectivity index (χ0v) is 9.58. The highest BCUT2D eigenvalue weighted by molar-refractivity contribution is 5.18. The van der Waals surface area contributed by atoms with E-state index in [9.17, 15) is 0 Å². The van der Waals surface area contributed by atoms with Gasteiger partial charge in [-0.25, -0.2) is 0 Å². The lowest BCUT2D eigenvalue weighted by atomic mass is 9.71. The molecule has 0 spiro atoms. The fraction of sp³-hybridized carbons (Fsp3) is 0.600. The molecule has 0 heteroatoms. The summed E-state index contributed by atoms with van der Waals surface area (Å²) in [4.78, 5) is 0. The van der Waals surface area contributed by atoms with E-state index in [2.05, 4.69) is 37.3 Å². The number of hydrogen-bond donors (Lipinski definition) is 0. The van der Waals surface area contributed by atoms with Crippen molar-refractivity contribution in [1.29, 1.82) is 0 Å². The van der Waals surface area contributed by atoms with E-state index in [1.54, 1.807) is 0 Å². The Labute approximate surface area is 92.7 Å². The SMILES string of the molecule is CC1(Cc2ccccc2)CC2CCC1C2. The predicted molar refractivity (Wildman–Crippen MR) is 63.7 cm³/mol. The topological polar surface area (TPSA) is 0 Å². The van der Waals surface area contributed by atoms with Crippen LogP contribution in [0.25, 0.3) is 0 Å². The molecule has 0 N–H and O–H groups in total. The third-order valence-corrected chi connectivity index (χ3v) is 4.73. The molecule has 0 aliphatic heterocycles. The van der Waals surface area contributed by atoms with Crippen molar-refractivity contribution < 1.29 is 0 Å². The molecule has 3 atom stereocenters. The Morgan fingerprint density at radius 1 is 1.20 bits per heavy atom. The molecule has 1 aromatic rings. The van der Waals surface area contributed by atoms with E-state index in [1.165, 1.54) is 37.7 Å². The van der Waals surface area contributed by atoms with Gasteiger partial charge in [0.25, 0.3) is 0 Å². The molecule has 0 nitrogen and oxygen atoms in total. The molecule has 3 unspecified atom stereocenters. The van der Waals surface area contributed by atoms with Gasteiger partial charge in [0.1, 0.15) is 0 Å². The first-order chi connectivity index (χ1) is 7.26. The Kier molecular flexibility index (Phi) is 2.12. The molecule has 0 aromatic heterocycles. The van der Waals surface area contributed by atoms with Crippen LogP contribution in [0.5, 0.6) is 0 Å². The van der Waals surface area contributed by atoms with Gasteiger partial charge in [-0.1, -0.05) is 43.7 Å². The summed E-state index contributed by atoms with van der Waals surface area (Å²) < 4.78 is 0. The zero-order valence-electron chi connectivity index (χ0n) is 9.58. The maximum absolute atomic E-state index is 2.52. The maximum Gasteiger partial charge on any atom is -0.0222 e. The van der Waals surface area contributed by atoms with Gasteiger partial charge in [0.15, 0.2) is 0 Å². The summed E-state index contributed by atoms with van der Waals surface area (Å²) in [5.41, 5.74) is 2.15. The second-order valence-corrected chi connectivity index (χ2v) is 5.90. The first-order valence-corrected chi connectivity index (χ1v) is 6.30. The van der Waals surface area contributed by atoms with Crippen molar-refractivity contribution in [2.24, 2.45) is 17.3 Å². The van der Waals surface area contributed by atoms with Crippen molar-refractivity contribution >= 4 is 0 Å². The maximum atomic E-state index is 2.52. The highest BCUT2D eigenvalue weighted by Gasteiger charge is 2.47. The number of benzene rings is 1. The first kappa shape index (κ1) is 9.45. The van der Waals surface area contributed by atoms with E-state index >= 15 is 0 Å². The van der Waals surface area contributed by atoms with E-state index in [0.717, 1.165) is 11.8 Å². The van der Waals surface area contributed by atoms with E-state index in [4.69, 9.17) is 0 Å². The standard InChI is InChI=1S/C15H20/c1-15(10-12-5-3-2-4-6-12)11-13-7-8-14(15)9-13/h2-6,13-14H,7-11H2,1H3. The summed E-state index contributed by atoms with van der Waals surface area (Å²) in [7, 11) is 0. The third kappa shape index (κ3) is 1.60. The summed E-state index contributed by atoms with van der Waals surface area (Å²) in [6.07, 6.45) is 7.30. The monoisotopic (exact) mass is 200 g/mol. The van der Waals surface area contributed by atoms with Gasteiger partial charge in [-0.05, 0) is 48.5 Å². The normalized spacial score (nSPS) is 38.5. The Morgan fingerprint density at radius 2 is 2.00 bits per heavy atom. The van der Waals surface area contributed by atoms with E-state index in [1.807, 2.05) is 0 Å². The Morgan fingerprint density at radius 3 is 2.60 bits per heavy atom. The van der Waals surface area contributed by atoms with E-state index in [0.29, 0.717) is 5.41 Å². The molecule has 80 valence electrons. The van der Waals surface area contributed by atoms with Crippen molar-refractivity contribution in [2.75, 3.05) is 0 Å². The molecule has 0 saturated heterocycles. The fourth-order valence-electron chi connectivity index (χ4n) is 4.00. The molecule has 2 fully saturated rings. The van der Waals surface area contributed by atoms with Crippen molar-refractivity contribution in [2.45, 2.75) is 39.0 Å². The van der Waals surface area contributed by atoms with Crippen molar-refractivity contribution in [3.05, 3.63) is 35.9 Å². The Balaban J connectivity index is 1.78. The Bertz CT molecular complexity index is 340. The molecule has 2 aliphatic carbocycles. The average molecular weight is 200 g/mol. The summed E-state index contributed by atoms with van der Waals surface area (Å²) in [6, 6.07) is 11.0. The molecular formula is C15H20. The number of rotatable bonds is 2. The highest BCUT2D eigenvalue weighted by Crippen LogP contribution is 2.56. The van der Waals surface area contributed by atoms with Gasteiger partial charge in [-0.3, -0.25) is 0 Å². The second kappa shape index (κ2) is 3.37. The van der Waals surface area contributed by atoms with Crippen LogP contribution in [0.2, 0.25) is 0 Å². The molecule has 0 heterocycles. The molecule has 15 heavy (non-hydrogen) atoms. The molecule has 0 radical (unpaired) electrons. The van der Waals surface area contributed by atoms with Gasteiger partial charge < -0.3 is 0 Å². The fourth-order valence-corrected chi connectivity index (χ4v) is 4.00. The highest BCUT2D eigenvalue weighted by atomic mass is 14.5. The van der Waals surface area contributed by atoms with Crippen LogP contribution in [0.1, 0.15) is 38.2 Å². The average Bonchev–Trinajstić information content (AvgIpc) is 2.78. The predicted octanol–water partition coefficient (Wildman–Crippen LogP) is 4.06. The molecule has 2 saturated carbocycles. The largest absolute Gasteiger partial charge is 0.0622 e. The van der Waals surface area contributed by atoms with Gasteiger partial charge in [0.05, 0.1) is 0 Å². The second-order valence-electron chi connectivity index (χ2n) is 5.90. The summed E-state index contributed by atoms with van der Waals surface area (Å²) in [6.45, 7) is 2.52. The van der Waals surface area contributed by atoms with Gasteiger partial charge in [0, 0.05) is 0 Å². The van der Waals surface area contributed by atoms with Crippen LogP contribution in [-0.4, -0.2) is 0 Å². The number of hydrogen-bond acceptors (Lipinski definition) is 0. The number of fused-ring (bicyclic) bond motifs is 2. The van der Waals surface area contributed by atoms with Crippen LogP contribution >= 0.6 is 0 Å². The van der Waals surface area contributed by atoms with Gasteiger partial charge >= 0.3 is 0 Å². The van der Waals surface area contributed by atoms with Crippen LogP contribution < -0.4 is 0 Å². The van der Waals surface area contributed by atoms with Gasteiger partial charge in [-0.15, -0.1) is 0 Å². The van der Waals surface area contributed by atoms with Crippen molar-refractivity contribution in [3.8, 4) is 0 Å². The summed E-state index contributed by atoms with van der Waals surface area (Å²) in [5, 5.41) is 0. The molecule has 2 aliphatic rings. The van der Waals surface area contributed by atoms with Crippen molar-refractivity contribution in [1.82, 2.24) is 0 Å². The van der Waals surface area contributed by atoms with Crippen LogP contribution in [0.15, 0.2) is 30.3 Å². The lowest BCUT2D eigenvalue weighted by Crippen LogP contribution is -2.26. The summed E-state index contributed by atoms with van der Waals surface area (Å²) >= 11 is 0. The third-order valence-electron chi connectivity index (χ3n) is 4.73. The first-order valence-electron chi connectivity index (χ1n) is 6.30. The minimum absolute atomic E-state index is 0.615. The van der Waals surface area contributed by atoms with Crippen molar-refractivity contribution in [3.63, 3.8) is 0 Å². The molecule has 1 aromatic carbocycles. The molecular weight excluding hydrogens is 180 g/mol. The summed E-state index contributed by atoms with van der Waals surface area (Å²) in [5.74, 6) is 2.08. The molecule has 0 amide bonds. The quantitative estimate of drug-likeness (QED) is 0.675. The smallest absolute Gasteiger partial charge is 0.0222 e. The minimum atomic E-state index is 0.615. The van der Waals surface area contributed by atoms with Gasteiger partial charge in [0.2, 0.25) is 0 Å². The lowest BCUT2D eigenvalue weighted by molar-refractivity contribution is 0.188. The van der Waals surface area contributed by atoms with Crippen LogP contribution in [0.4, 0.5) is 0 Å². The Hall–Kier alpha value is -0.780. The van der Waals surface area contributed by atoms with E-state index < -0.39 is 0 Å². The van der Waals surface area contributed by atoms with Crippen LogP contribution in [0, 0.1) is 17.3 Å². The van der Waals surface area contributed by atoms with Crippen LogP contribution in [0.3, 0.4) is 0 Å². The zero-order chi connectivity index (χ0) is 10.3. The lowest BCUT2D eigenvalue weighted by Gasteiger charge is -2.34.